The highest BCUT2D eigenvalue weighted by molar-refractivity contribution is 6.09. The van der Waals surface area contributed by atoms with Gasteiger partial charge in [-0.3, -0.25) is 19.8 Å². The molecule has 0 spiro atoms. The summed E-state index contributed by atoms with van der Waals surface area (Å²) in [7, 11) is 0. The molecule has 1 N–H and O–H groups in total. The van der Waals surface area contributed by atoms with Crippen molar-refractivity contribution in [2.75, 3.05) is 6.61 Å². The molecule has 8 heteroatoms. The molecule has 3 amide bonds. The lowest BCUT2D eigenvalue weighted by atomic mass is 9.85. The van der Waals surface area contributed by atoms with E-state index in [2.05, 4.69) is 5.43 Å². The summed E-state index contributed by atoms with van der Waals surface area (Å²) in [5, 5.41) is 0.784. The molecule has 0 aliphatic carbocycles. The Balaban J connectivity index is 1.46. The maximum atomic E-state index is 12.5. The number of fused-ring (bicyclic) bond motifs is 5. The van der Waals surface area contributed by atoms with Crippen LogP contribution in [0.5, 0.6) is 0 Å². The van der Waals surface area contributed by atoms with Crippen molar-refractivity contribution in [3.05, 3.63) is 47.5 Å². The zero-order valence-electron chi connectivity index (χ0n) is 13.9. The van der Waals surface area contributed by atoms with Gasteiger partial charge < -0.3 is 9.47 Å². The number of hydrogen-bond acceptors (Lipinski definition) is 6. The minimum absolute atomic E-state index is 0.216. The molecule has 4 atom stereocenters. The van der Waals surface area contributed by atoms with Crippen molar-refractivity contribution in [2.45, 2.75) is 19.1 Å². The van der Waals surface area contributed by atoms with Crippen molar-refractivity contribution in [3.63, 3.8) is 0 Å². The van der Waals surface area contributed by atoms with E-state index in [9.17, 15) is 19.2 Å². The van der Waals surface area contributed by atoms with Crippen LogP contribution in [0.15, 0.2) is 36.4 Å². The number of benzene rings is 1. The van der Waals surface area contributed by atoms with Crippen LogP contribution in [0.4, 0.5) is 0 Å². The second kappa shape index (κ2) is 6.06. The van der Waals surface area contributed by atoms with Crippen LogP contribution in [-0.2, 0) is 19.1 Å². The molecule has 4 rings (SSSR count). The van der Waals surface area contributed by atoms with E-state index in [1.807, 2.05) is 0 Å². The molecule has 1 aromatic rings. The van der Waals surface area contributed by atoms with Crippen LogP contribution in [0, 0.1) is 11.8 Å². The highest BCUT2D eigenvalue weighted by Crippen LogP contribution is 2.44. The lowest BCUT2D eigenvalue weighted by molar-refractivity contribution is -0.145. The molecule has 0 saturated carbocycles. The number of carbonyl (C=O) groups excluding carboxylic acids is 4. The number of esters is 1. The lowest BCUT2D eigenvalue weighted by Crippen LogP contribution is -2.47. The van der Waals surface area contributed by atoms with Gasteiger partial charge in [0.25, 0.3) is 17.7 Å². The highest BCUT2D eigenvalue weighted by Gasteiger charge is 2.61. The summed E-state index contributed by atoms with van der Waals surface area (Å²) in [5.74, 6) is -3.18. The first-order valence-electron chi connectivity index (χ1n) is 8.31. The Morgan fingerprint density at radius 3 is 2.12 bits per heavy atom. The van der Waals surface area contributed by atoms with E-state index in [0.717, 1.165) is 5.01 Å². The first-order chi connectivity index (χ1) is 12.5. The van der Waals surface area contributed by atoms with Crippen molar-refractivity contribution < 1.29 is 28.7 Å². The van der Waals surface area contributed by atoms with Crippen molar-refractivity contribution in [1.29, 1.82) is 0 Å². The molecule has 3 heterocycles. The van der Waals surface area contributed by atoms with Gasteiger partial charge in [-0.1, -0.05) is 12.2 Å². The molecule has 3 aliphatic heterocycles. The molecule has 26 heavy (non-hydrogen) atoms. The highest BCUT2D eigenvalue weighted by atomic mass is 16.5. The molecule has 1 aromatic carbocycles. The summed E-state index contributed by atoms with van der Waals surface area (Å²) in [4.78, 5) is 49.0. The number of nitrogens with one attached hydrogen (secondary N) is 1. The minimum atomic E-state index is -0.608. The Hall–Kier alpha value is -3.00. The molecule has 134 valence electrons. The van der Waals surface area contributed by atoms with Crippen molar-refractivity contribution in [2.24, 2.45) is 11.8 Å². The summed E-state index contributed by atoms with van der Waals surface area (Å²) in [5.41, 5.74) is 2.89. The number of imide groups is 1. The van der Waals surface area contributed by atoms with Gasteiger partial charge in [0.15, 0.2) is 0 Å². The molecule has 2 bridgehead atoms. The molecular weight excluding hydrogens is 340 g/mol. The smallest absolute Gasteiger partial charge is 0.338 e. The lowest BCUT2D eigenvalue weighted by Gasteiger charge is -2.18. The van der Waals surface area contributed by atoms with Gasteiger partial charge in [-0.25, -0.2) is 4.79 Å². The molecule has 0 radical (unpaired) electrons. The summed E-state index contributed by atoms with van der Waals surface area (Å²) in [6.07, 6.45) is 2.73. The van der Waals surface area contributed by atoms with Crippen LogP contribution in [-0.4, -0.2) is 47.5 Å². The molecule has 4 unspecified atom stereocenters. The maximum Gasteiger partial charge on any atom is 0.338 e. The van der Waals surface area contributed by atoms with Crippen LogP contribution in [0.3, 0.4) is 0 Å². The average molecular weight is 356 g/mol. The van der Waals surface area contributed by atoms with Crippen LogP contribution in [0.2, 0.25) is 0 Å². The van der Waals surface area contributed by atoms with Gasteiger partial charge in [0.05, 0.1) is 36.2 Å². The predicted octanol–water partition coefficient (Wildman–Crippen LogP) is 0.446. The van der Waals surface area contributed by atoms with Gasteiger partial charge in [-0.15, -0.1) is 0 Å². The molecule has 2 fully saturated rings. The van der Waals surface area contributed by atoms with Gasteiger partial charge in [-0.05, 0) is 31.2 Å². The van der Waals surface area contributed by atoms with Gasteiger partial charge >= 0.3 is 5.97 Å². The number of hydrogen-bond donors (Lipinski definition) is 1. The molecule has 3 aliphatic rings. The molecule has 8 nitrogen and oxygen atoms in total. The van der Waals surface area contributed by atoms with Crippen LogP contribution in [0.25, 0.3) is 0 Å². The topological polar surface area (TPSA) is 102 Å². The first kappa shape index (κ1) is 16.5. The van der Waals surface area contributed by atoms with Crippen molar-refractivity contribution >= 4 is 23.7 Å². The standard InChI is InChI=1S/C18H16N2O6/c1-2-25-18(24)10-5-3-9(4-6-10)15(21)19-20-16(22)13-11-7-8-12(26-11)14(13)17(20)23/h3-8,11-14H,2H2,1H3,(H,19,21). The minimum Gasteiger partial charge on any atom is -0.462 e. The van der Waals surface area contributed by atoms with E-state index < -0.39 is 47.7 Å². The van der Waals surface area contributed by atoms with Gasteiger partial charge in [0, 0.05) is 5.56 Å². The third-order valence-electron chi connectivity index (χ3n) is 4.78. The number of carbonyl (C=O) groups is 4. The summed E-state index contributed by atoms with van der Waals surface area (Å²) >= 11 is 0. The summed E-state index contributed by atoms with van der Waals surface area (Å²) in [6, 6.07) is 5.77. The SMILES string of the molecule is CCOC(=O)c1ccc(C(=O)NN2C(=O)C3C4C=CC(O4)C3C2=O)cc1. The zero-order valence-corrected chi connectivity index (χ0v) is 13.9. The van der Waals surface area contributed by atoms with Gasteiger partial charge in [-0.2, -0.15) is 5.01 Å². The van der Waals surface area contributed by atoms with E-state index in [1.165, 1.54) is 24.3 Å². The normalized spacial score (nSPS) is 28.4. The van der Waals surface area contributed by atoms with E-state index in [1.54, 1.807) is 19.1 Å². The Bertz CT molecular complexity index is 801. The fraction of sp³-hybridized carbons (Fsp3) is 0.333. The summed E-state index contributed by atoms with van der Waals surface area (Å²) in [6.45, 7) is 1.95. The largest absolute Gasteiger partial charge is 0.462 e. The Labute approximate surface area is 148 Å². The third kappa shape index (κ3) is 2.41. The van der Waals surface area contributed by atoms with E-state index in [4.69, 9.17) is 9.47 Å². The molecule has 2 saturated heterocycles. The van der Waals surface area contributed by atoms with E-state index in [-0.39, 0.29) is 12.2 Å². The summed E-state index contributed by atoms with van der Waals surface area (Å²) < 4.78 is 10.4. The zero-order chi connectivity index (χ0) is 18.4. The van der Waals surface area contributed by atoms with E-state index in [0.29, 0.717) is 5.56 Å². The van der Waals surface area contributed by atoms with Crippen molar-refractivity contribution in [1.82, 2.24) is 10.4 Å². The number of rotatable bonds is 4. The number of nitrogens with zero attached hydrogens (tertiary/aromatic N) is 1. The Morgan fingerprint density at radius 2 is 1.58 bits per heavy atom. The van der Waals surface area contributed by atoms with Gasteiger partial charge in [0.2, 0.25) is 0 Å². The monoisotopic (exact) mass is 356 g/mol. The molecule has 0 aromatic heterocycles. The Morgan fingerprint density at radius 1 is 1.04 bits per heavy atom. The van der Waals surface area contributed by atoms with Crippen LogP contribution >= 0.6 is 0 Å². The second-order valence-electron chi connectivity index (χ2n) is 6.25. The predicted molar refractivity (Wildman–Crippen MR) is 86.5 cm³/mol. The fourth-order valence-electron chi connectivity index (χ4n) is 3.55. The van der Waals surface area contributed by atoms with Crippen molar-refractivity contribution in [3.8, 4) is 0 Å². The maximum absolute atomic E-state index is 12.5. The Kier molecular flexibility index (Phi) is 3.84. The van der Waals surface area contributed by atoms with E-state index >= 15 is 0 Å². The fourth-order valence-corrected chi connectivity index (χ4v) is 3.55. The number of amides is 3. The quantitative estimate of drug-likeness (QED) is 0.477. The second-order valence-corrected chi connectivity index (χ2v) is 6.25. The van der Waals surface area contributed by atoms with Gasteiger partial charge in [0.1, 0.15) is 0 Å². The van der Waals surface area contributed by atoms with Crippen LogP contribution < -0.4 is 5.43 Å². The average Bonchev–Trinajstić information content (AvgIpc) is 3.32. The molecular formula is C18H16N2O6. The number of hydrazine groups is 1. The van der Waals surface area contributed by atoms with Crippen LogP contribution in [0.1, 0.15) is 27.6 Å². The third-order valence-corrected chi connectivity index (χ3v) is 4.78. The first-order valence-corrected chi connectivity index (χ1v) is 8.31. The number of ether oxygens (including phenoxy) is 2.